The summed E-state index contributed by atoms with van der Waals surface area (Å²) in [5, 5.41) is 2.27. The fraction of sp³-hybridized carbons (Fsp3) is 0. The van der Waals surface area contributed by atoms with E-state index in [1.54, 1.807) is 0 Å². The van der Waals surface area contributed by atoms with Gasteiger partial charge in [0.2, 0.25) is 0 Å². The molecule has 12 rings (SSSR count). The van der Waals surface area contributed by atoms with Gasteiger partial charge in [0, 0.05) is 33.9 Å². The van der Waals surface area contributed by atoms with Crippen LogP contribution in [0.2, 0.25) is 0 Å². The molecule has 0 aliphatic carbocycles. The Balaban J connectivity index is 1.09. The van der Waals surface area contributed by atoms with Gasteiger partial charge in [-0.05, 0) is 139 Å². The van der Waals surface area contributed by atoms with E-state index >= 15 is 0 Å². The fourth-order valence-electron chi connectivity index (χ4n) is 9.98. The fourth-order valence-corrected chi connectivity index (χ4v) is 9.98. The van der Waals surface area contributed by atoms with Gasteiger partial charge in [-0.15, -0.1) is 0 Å². The molecule has 0 bridgehead atoms. The number of anilines is 6. The topological polar surface area (TPSA) is 6.48 Å². The van der Waals surface area contributed by atoms with Crippen molar-refractivity contribution in [2.45, 2.75) is 0 Å². The molecule has 12 aromatic rings. The third-order valence-corrected chi connectivity index (χ3v) is 13.7. The Morgan fingerprint density at radius 3 is 0.597 bits per heavy atom. The van der Waals surface area contributed by atoms with Crippen molar-refractivity contribution < 1.29 is 0 Å². The maximum atomic E-state index is 2.43. The average Bonchev–Trinajstić information content (AvgIpc) is 3.47. The minimum Gasteiger partial charge on any atom is -0.310 e. The summed E-state index contributed by atoms with van der Waals surface area (Å²) in [6.07, 6.45) is 0. The molecular formula is C70H50N2. The highest BCUT2D eigenvalue weighted by molar-refractivity contribution is 6.04. The van der Waals surface area contributed by atoms with E-state index < -0.39 is 0 Å². The van der Waals surface area contributed by atoms with Crippen LogP contribution < -0.4 is 9.80 Å². The Bertz CT molecular complexity index is 3300. The SMILES string of the molecule is c1ccc(-c2ccc(N(c3ccc(-c4ccccc4)cc3)c3cc4cc(N(c5ccc(-c6ccccc6)cc5)c5ccc(-c6ccccc6)cc5)c(-c5ccccc5)cc4cc3-c3ccccc3)cc2)cc1. The summed E-state index contributed by atoms with van der Waals surface area (Å²) >= 11 is 0. The van der Waals surface area contributed by atoms with Crippen molar-refractivity contribution in [3.05, 3.63) is 303 Å². The summed E-state index contributed by atoms with van der Waals surface area (Å²) in [6.45, 7) is 0. The lowest BCUT2D eigenvalue weighted by molar-refractivity contribution is 1.28. The normalized spacial score (nSPS) is 11.1. The first-order valence-electron chi connectivity index (χ1n) is 24.7. The highest BCUT2D eigenvalue weighted by Gasteiger charge is 2.23. The first-order valence-corrected chi connectivity index (χ1v) is 24.7. The molecule has 0 aliphatic heterocycles. The Morgan fingerprint density at radius 2 is 0.361 bits per heavy atom. The van der Waals surface area contributed by atoms with E-state index in [9.17, 15) is 0 Å². The summed E-state index contributed by atoms with van der Waals surface area (Å²) in [5.41, 5.74) is 20.4. The van der Waals surface area contributed by atoms with Crippen LogP contribution in [0.5, 0.6) is 0 Å². The number of fused-ring (bicyclic) bond motifs is 1. The van der Waals surface area contributed by atoms with Crippen LogP contribution in [0, 0.1) is 0 Å². The van der Waals surface area contributed by atoms with E-state index in [1.165, 1.54) is 44.5 Å². The molecule has 0 atom stereocenters. The number of hydrogen-bond donors (Lipinski definition) is 0. The molecule has 0 aromatic heterocycles. The van der Waals surface area contributed by atoms with Gasteiger partial charge in [-0.2, -0.15) is 0 Å². The van der Waals surface area contributed by atoms with E-state index in [0.717, 1.165) is 67.2 Å². The predicted octanol–water partition coefficient (Wildman–Crippen LogP) is 19.8. The van der Waals surface area contributed by atoms with Crippen LogP contribution >= 0.6 is 0 Å². The second-order valence-electron chi connectivity index (χ2n) is 18.1. The summed E-state index contributed by atoms with van der Waals surface area (Å²) in [6, 6.07) is 110. The third-order valence-electron chi connectivity index (χ3n) is 13.7. The van der Waals surface area contributed by atoms with Gasteiger partial charge in [-0.1, -0.05) is 231 Å². The zero-order chi connectivity index (χ0) is 48.1. The summed E-state index contributed by atoms with van der Waals surface area (Å²) < 4.78 is 0. The Morgan fingerprint density at radius 1 is 0.167 bits per heavy atom. The summed E-state index contributed by atoms with van der Waals surface area (Å²) in [4.78, 5) is 4.86. The number of benzene rings is 12. The van der Waals surface area contributed by atoms with Crippen LogP contribution in [0.3, 0.4) is 0 Å². The predicted molar refractivity (Wildman–Crippen MR) is 306 cm³/mol. The third kappa shape index (κ3) is 8.97. The van der Waals surface area contributed by atoms with Gasteiger partial charge in [0.05, 0.1) is 11.4 Å². The van der Waals surface area contributed by atoms with E-state index in [4.69, 9.17) is 0 Å². The lowest BCUT2D eigenvalue weighted by atomic mass is 9.93. The van der Waals surface area contributed by atoms with E-state index in [-0.39, 0.29) is 0 Å². The first-order chi connectivity index (χ1) is 35.7. The maximum absolute atomic E-state index is 2.43. The van der Waals surface area contributed by atoms with Crippen molar-refractivity contribution in [2.75, 3.05) is 9.80 Å². The van der Waals surface area contributed by atoms with Crippen molar-refractivity contribution >= 4 is 44.9 Å². The molecule has 2 heteroatoms. The molecular weight excluding hydrogens is 869 g/mol. The summed E-state index contributed by atoms with van der Waals surface area (Å²) in [5.74, 6) is 0. The second-order valence-corrected chi connectivity index (χ2v) is 18.1. The minimum atomic E-state index is 1.07. The molecule has 12 aromatic carbocycles. The monoisotopic (exact) mass is 918 g/mol. The molecule has 0 saturated heterocycles. The minimum absolute atomic E-state index is 1.07. The zero-order valence-electron chi connectivity index (χ0n) is 39.8. The van der Waals surface area contributed by atoms with Gasteiger partial charge in [0.25, 0.3) is 0 Å². The molecule has 0 fully saturated rings. The van der Waals surface area contributed by atoms with Crippen LogP contribution in [-0.2, 0) is 0 Å². The van der Waals surface area contributed by atoms with Crippen LogP contribution in [0.25, 0.3) is 77.5 Å². The van der Waals surface area contributed by atoms with Crippen molar-refractivity contribution in [1.29, 1.82) is 0 Å². The average molecular weight is 919 g/mol. The second kappa shape index (κ2) is 19.8. The van der Waals surface area contributed by atoms with E-state index in [0.29, 0.717) is 0 Å². The molecule has 0 heterocycles. The van der Waals surface area contributed by atoms with Crippen molar-refractivity contribution in [3.63, 3.8) is 0 Å². The van der Waals surface area contributed by atoms with Crippen molar-refractivity contribution in [3.8, 4) is 66.8 Å². The first kappa shape index (κ1) is 43.8. The molecule has 0 radical (unpaired) electrons. The molecule has 0 N–H and O–H groups in total. The lowest BCUT2D eigenvalue weighted by Crippen LogP contribution is -2.12. The largest absolute Gasteiger partial charge is 0.310 e. The van der Waals surface area contributed by atoms with E-state index in [1.807, 2.05) is 0 Å². The van der Waals surface area contributed by atoms with E-state index in [2.05, 4.69) is 313 Å². The smallest absolute Gasteiger partial charge is 0.0546 e. The maximum Gasteiger partial charge on any atom is 0.0546 e. The van der Waals surface area contributed by atoms with Gasteiger partial charge in [-0.25, -0.2) is 0 Å². The van der Waals surface area contributed by atoms with Crippen molar-refractivity contribution in [2.24, 2.45) is 0 Å². The highest BCUT2D eigenvalue weighted by Crippen LogP contribution is 2.48. The van der Waals surface area contributed by atoms with Gasteiger partial charge in [0.1, 0.15) is 0 Å². The summed E-state index contributed by atoms with van der Waals surface area (Å²) in [7, 11) is 0. The Labute approximate surface area is 422 Å². The molecule has 0 saturated carbocycles. The molecule has 0 aliphatic rings. The van der Waals surface area contributed by atoms with Crippen molar-refractivity contribution in [1.82, 2.24) is 0 Å². The molecule has 0 spiro atoms. The molecule has 340 valence electrons. The number of rotatable bonds is 12. The molecule has 2 nitrogen and oxygen atoms in total. The molecule has 0 unspecified atom stereocenters. The van der Waals surface area contributed by atoms with Gasteiger partial charge < -0.3 is 9.80 Å². The van der Waals surface area contributed by atoms with Gasteiger partial charge in [-0.3, -0.25) is 0 Å². The zero-order valence-corrected chi connectivity index (χ0v) is 39.8. The highest BCUT2D eigenvalue weighted by atomic mass is 15.2. The van der Waals surface area contributed by atoms with Crippen LogP contribution in [0.1, 0.15) is 0 Å². The van der Waals surface area contributed by atoms with Gasteiger partial charge in [0.15, 0.2) is 0 Å². The lowest BCUT2D eigenvalue weighted by Gasteiger charge is -2.31. The Kier molecular flexibility index (Phi) is 12.1. The van der Waals surface area contributed by atoms with Gasteiger partial charge >= 0.3 is 0 Å². The van der Waals surface area contributed by atoms with Crippen LogP contribution in [-0.4, -0.2) is 0 Å². The molecule has 0 amide bonds. The number of nitrogens with zero attached hydrogens (tertiary/aromatic N) is 2. The number of hydrogen-bond acceptors (Lipinski definition) is 2. The molecule has 72 heavy (non-hydrogen) atoms. The van der Waals surface area contributed by atoms with Crippen LogP contribution in [0.15, 0.2) is 303 Å². The Hall–Kier alpha value is -9.50. The standard InChI is InChI=1S/C70H50N2/c1-7-19-51(20-8-1)55-31-39-63(40-32-55)71(64-41-33-56(34-42-64)52-21-9-2-10-22-52)69-49-62-50-70(68(60-29-17-6-18-30-60)48-61(62)47-67(69)59-27-15-5-16-28-59)72(65-43-35-57(36-44-65)53-23-11-3-12-24-53)66-45-37-58(38-46-66)54-25-13-4-14-26-54/h1-50H. The quantitative estimate of drug-likeness (QED) is 0.120. The van der Waals surface area contributed by atoms with Crippen LogP contribution in [0.4, 0.5) is 34.1 Å².